The highest BCUT2D eigenvalue weighted by Gasteiger charge is 2.26. The third kappa shape index (κ3) is 4.66. The number of ether oxygens (including phenoxy) is 2. The second-order valence-corrected chi connectivity index (χ2v) is 8.07. The van der Waals surface area contributed by atoms with Gasteiger partial charge in [-0.1, -0.05) is 25.1 Å². The van der Waals surface area contributed by atoms with Crippen LogP contribution in [0.3, 0.4) is 0 Å². The molecule has 1 amide bonds. The minimum absolute atomic E-state index is 0.0267. The van der Waals surface area contributed by atoms with Gasteiger partial charge in [0.05, 0.1) is 35.7 Å². The van der Waals surface area contributed by atoms with Crippen LogP contribution in [0.15, 0.2) is 76.3 Å². The number of hydrogen-bond donors (Lipinski definition) is 1. The molecule has 1 heterocycles. The van der Waals surface area contributed by atoms with Crippen LogP contribution in [0, 0.1) is 10.1 Å². The molecule has 1 atom stereocenters. The summed E-state index contributed by atoms with van der Waals surface area (Å²) in [6.07, 6.45) is 0.218. The van der Waals surface area contributed by atoms with E-state index in [0.717, 1.165) is 10.6 Å². The molecule has 4 aromatic rings. The van der Waals surface area contributed by atoms with Gasteiger partial charge in [0.2, 0.25) is 5.91 Å². The molecule has 0 bridgehead atoms. The Labute approximate surface area is 210 Å². The number of non-ortho nitro benzene ring substituents is 1. The summed E-state index contributed by atoms with van der Waals surface area (Å²) in [5, 5.41) is 14.3. The number of hydrogen-bond acceptors (Lipinski definition) is 7. The van der Waals surface area contributed by atoms with Gasteiger partial charge >= 0.3 is 5.69 Å². The summed E-state index contributed by atoms with van der Waals surface area (Å²) in [4.78, 5) is 51.2. The van der Waals surface area contributed by atoms with Gasteiger partial charge in [-0.15, -0.1) is 0 Å². The van der Waals surface area contributed by atoms with Crippen molar-refractivity contribution in [2.45, 2.75) is 19.4 Å². The first-order valence-corrected chi connectivity index (χ1v) is 11.3. The van der Waals surface area contributed by atoms with Gasteiger partial charge in [-0.3, -0.25) is 24.3 Å². The second kappa shape index (κ2) is 10.4. The third-order valence-electron chi connectivity index (χ3n) is 5.95. The van der Waals surface area contributed by atoms with Crippen molar-refractivity contribution >= 4 is 28.2 Å². The number of amides is 1. The van der Waals surface area contributed by atoms with E-state index in [2.05, 4.69) is 5.32 Å². The Morgan fingerprint density at radius 2 is 1.73 bits per heavy atom. The molecule has 0 unspecified atom stereocenters. The van der Waals surface area contributed by atoms with Crippen LogP contribution in [0.5, 0.6) is 11.5 Å². The van der Waals surface area contributed by atoms with E-state index in [-0.39, 0.29) is 28.7 Å². The smallest absolute Gasteiger partial charge is 0.336 e. The SMILES string of the molecule is CC[C@@H](C(=O)Nc1ccc(OC)c(OC)c1)n1c(=O)n(-c2cccc([N+](=O)[O-])c2)c(=O)c2ccccc21. The molecule has 11 nitrogen and oxygen atoms in total. The average molecular weight is 504 g/mol. The Morgan fingerprint density at radius 1 is 1.00 bits per heavy atom. The van der Waals surface area contributed by atoms with Gasteiger partial charge in [0.25, 0.3) is 11.2 Å². The zero-order valence-electron chi connectivity index (χ0n) is 20.3. The van der Waals surface area contributed by atoms with Crippen LogP contribution in [0.1, 0.15) is 19.4 Å². The van der Waals surface area contributed by atoms with Crippen molar-refractivity contribution in [2.24, 2.45) is 0 Å². The first-order valence-electron chi connectivity index (χ1n) is 11.3. The van der Waals surface area contributed by atoms with E-state index in [9.17, 15) is 24.5 Å². The summed E-state index contributed by atoms with van der Waals surface area (Å²) in [6, 6.07) is 15.5. The van der Waals surface area contributed by atoms with E-state index >= 15 is 0 Å². The number of fused-ring (bicyclic) bond motifs is 1. The average Bonchev–Trinajstić information content (AvgIpc) is 2.91. The predicted octanol–water partition coefficient (Wildman–Crippen LogP) is 3.67. The normalized spacial score (nSPS) is 11.6. The Balaban J connectivity index is 1.88. The maximum absolute atomic E-state index is 13.8. The van der Waals surface area contributed by atoms with Gasteiger partial charge in [0.1, 0.15) is 6.04 Å². The molecule has 0 radical (unpaired) electrons. The molecule has 1 aromatic heterocycles. The highest BCUT2D eigenvalue weighted by molar-refractivity contribution is 5.95. The fraction of sp³-hybridized carbons (Fsp3) is 0.192. The number of rotatable bonds is 8. The lowest BCUT2D eigenvalue weighted by Crippen LogP contribution is -2.43. The standard InChI is InChI=1S/C26H24N4O7/c1-4-20(24(31)27-16-12-13-22(36-2)23(14-16)37-3)29-21-11-6-5-10-19(21)25(32)28(26(29)33)17-8-7-9-18(15-17)30(34)35/h5-15,20H,4H2,1-3H3,(H,27,31)/t20-/m0/s1. The van der Waals surface area contributed by atoms with Gasteiger partial charge in [-0.05, 0) is 36.8 Å². The van der Waals surface area contributed by atoms with Gasteiger partial charge in [-0.25, -0.2) is 9.36 Å². The molecule has 0 aliphatic carbocycles. The van der Waals surface area contributed by atoms with E-state index < -0.39 is 28.1 Å². The van der Waals surface area contributed by atoms with E-state index in [1.165, 1.54) is 37.0 Å². The zero-order chi connectivity index (χ0) is 26.7. The Kier molecular flexibility index (Phi) is 7.05. The van der Waals surface area contributed by atoms with Crippen LogP contribution in [0.4, 0.5) is 11.4 Å². The molecule has 4 rings (SSSR count). The lowest BCUT2D eigenvalue weighted by Gasteiger charge is -2.22. The third-order valence-corrected chi connectivity index (χ3v) is 5.95. The Morgan fingerprint density at radius 3 is 2.41 bits per heavy atom. The van der Waals surface area contributed by atoms with Crippen molar-refractivity contribution in [3.8, 4) is 17.2 Å². The van der Waals surface area contributed by atoms with Crippen LogP contribution in [0.2, 0.25) is 0 Å². The van der Waals surface area contributed by atoms with Gasteiger partial charge in [0.15, 0.2) is 11.5 Å². The van der Waals surface area contributed by atoms with Crippen molar-refractivity contribution in [1.82, 2.24) is 9.13 Å². The van der Waals surface area contributed by atoms with Crippen LogP contribution < -0.4 is 26.0 Å². The van der Waals surface area contributed by atoms with E-state index in [1.807, 2.05) is 0 Å². The molecular formula is C26H24N4O7. The van der Waals surface area contributed by atoms with E-state index in [0.29, 0.717) is 17.2 Å². The molecule has 0 spiro atoms. The minimum Gasteiger partial charge on any atom is -0.493 e. The molecule has 0 saturated carbocycles. The van der Waals surface area contributed by atoms with Crippen molar-refractivity contribution in [1.29, 1.82) is 0 Å². The summed E-state index contributed by atoms with van der Waals surface area (Å²) in [7, 11) is 2.97. The maximum Gasteiger partial charge on any atom is 0.336 e. The van der Waals surface area contributed by atoms with E-state index in [4.69, 9.17) is 9.47 Å². The van der Waals surface area contributed by atoms with Crippen molar-refractivity contribution in [2.75, 3.05) is 19.5 Å². The Hall–Kier alpha value is -4.93. The number of aromatic nitrogens is 2. The number of carbonyl (C=O) groups excluding carboxylic acids is 1. The molecule has 0 saturated heterocycles. The number of anilines is 1. The van der Waals surface area contributed by atoms with Crippen LogP contribution in [0.25, 0.3) is 16.6 Å². The minimum atomic E-state index is -1.00. The van der Waals surface area contributed by atoms with E-state index in [1.54, 1.807) is 49.4 Å². The fourth-order valence-corrected chi connectivity index (χ4v) is 4.18. The topological polar surface area (TPSA) is 135 Å². The molecule has 0 aliphatic rings. The summed E-state index contributed by atoms with van der Waals surface area (Å²) in [5.74, 6) is 0.403. The van der Waals surface area contributed by atoms with Crippen LogP contribution >= 0.6 is 0 Å². The number of nitrogens with one attached hydrogen (secondary N) is 1. The van der Waals surface area contributed by atoms with Gasteiger partial charge < -0.3 is 14.8 Å². The quantitative estimate of drug-likeness (QED) is 0.286. The molecule has 1 N–H and O–H groups in total. The predicted molar refractivity (Wildman–Crippen MR) is 138 cm³/mol. The summed E-state index contributed by atoms with van der Waals surface area (Å²) < 4.78 is 12.6. The van der Waals surface area contributed by atoms with Crippen molar-refractivity contribution < 1.29 is 19.2 Å². The summed E-state index contributed by atoms with van der Waals surface area (Å²) in [5.41, 5.74) is -0.995. The fourth-order valence-electron chi connectivity index (χ4n) is 4.18. The molecule has 3 aromatic carbocycles. The Bertz CT molecular complexity index is 1620. The number of nitro groups is 1. The highest BCUT2D eigenvalue weighted by atomic mass is 16.6. The van der Waals surface area contributed by atoms with Gasteiger partial charge in [-0.2, -0.15) is 0 Å². The number of methoxy groups -OCH3 is 2. The number of carbonyl (C=O) groups is 1. The largest absolute Gasteiger partial charge is 0.493 e. The molecule has 11 heteroatoms. The second-order valence-electron chi connectivity index (χ2n) is 8.07. The number of benzene rings is 3. The maximum atomic E-state index is 13.8. The highest BCUT2D eigenvalue weighted by Crippen LogP contribution is 2.30. The zero-order valence-corrected chi connectivity index (χ0v) is 20.3. The van der Waals surface area contributed by atoms with Crippen molar-refractivity contribution in [3.05, 3.63) is 97.7 Å². The molecule has 0 aliphatic heterocycles. The molecule has 37 heavy (non-hydrogen) atoms. The number of para-hydroxylation sites is 1. The summed E-state index contributed by atoms with van der Waals surface area (Å²) >= 11 is 0. The van der Waals surface area contributed by atoms with Crippen molar-refractivity contribution in [3.63, 3.8) is 0 Å². The molecule has 190 valence electrons. The van der Waals surface area contributed by atoms with Gasteiger partial charge in [0, 0.05) is 23.9 Å². The lowest BCUT2D eigenvalue weighted by molar-refractivity contribution is -0.384. The summed E-state index contributed by atoms with van der Waals surface area (Å²) in [6.45, 7) is 1.74. The van der Waals surface area contributed by atoms with Crippen LogP contribution in [-0.2, 0) is 4.79 Å². The number of nitrogens with zero attached hydrogens (tertiary/aromatic N) is 3. The molecular weight excluding hydrogens is 480 g/mol. The van der Waals surface area contributed by atoms with Crippen LogP contribution in [-0.4, -0.2) is 34.2 Å². The lowest BCUT2D eigenvalue weighted by atomic mass is 10.1. The molecule has 0 fully saturated rings. The monoisotopic (exact) mass is 504 g/mol. The first kappa shape index (κ1) is 25.2. The first-order chi connectivity index (χ1) is 17.8. The number of nitro benzene ring substituents is 1.